The van der Waals surface area contributed by atoms with Crippen LogP contribution in [-0.4, -0.2) is 10.2 Å². The quantitative estimate of drug-likeness (QED) is 0.830. The van der Waals surface area contributed by atoms with Crippen molar-refractivity contribution in [2.45, 2.75) is 13.0 Å². The van der Waals surface area contributed by atoms with Crippen molar-refractivity contribution in [1.82, 2.24) is 10.2 Å². The Bertz CT molecular complexity index is 485. The first-order chi connectivity index (χ1) is 7.65. The minimum atomic E-state index is -0.281. The molecule has 0 aliphatic carbocycles. The highest BCUT2D eigenvalue weighted by atomic mass is 19.1. The van der Waals surface area contributed by atoms with Gasteiger partial charge in [0.25, 0.3) is 0 Å². The average Bonchev–Trinajstić information content (AvgIpc) is 2.64. The monoisotopic (exact) mass is 222 g/mol. The van der Waals surface area contributed by atoms with Gasteiger partial charge in [0.1, 0.15) is 5.82 Å². The zero-order valence-electron chi connectivity index (χ0n) is 8.64. The predicted octanol–water partition coefficient (Wildman–Crippen LogP) is 1.96. The summed E-state index contributed by atoms with van der Waals surface area (Å²) in [5.74, 6) is -0.281. The van der Waals surface area contributed by atoms with Gasteiger partial charge in [0.15, 0.2) is 0 Å². The van der Waals surface area contributed by atoms with Crippen LogP contribution in [0, 0.1) is 5.82 Å². The fourth-order valence-corrected chi connectivity index (χ4v) is 1.34. The van der Waals surface area contributed by atoms with E-state index < -0.39 is 0 Å². The van der Waals surface area contributed by atoms with E-state index in [1.54, 1.807) is 12.1 Å². The Kier molecular flexibility index (Phi) is 2.72. The molecule has 0 saturated carbocycles. The van der Waals surface area contributed by atoms with Crippen LogP contribution in [0.1, 0.15) is 18.5 Å². The Labute approximate surface area is 91.5 Å². The van der Waals surface area contributed by atoms with E-state index in [1.165, 1.54) is 12.1 Å². The van der Waals surface area contributed by atoms with Gasteiger partial charge in [-0.1, -0.05) is 22.3 Å². The molecule has 2 rings (SSSR count). The average molecular weight is 222 g/mol. The first-order valence-electron chi connectivity index (χ1n) is 4.76. The second-order valence-corrected chi connectivity index (χ2v) is 3.37. The Morgan fingerprint density at radius 1 is 1.44 bits per heavy atom. The Morgan fingerprint density at radius 3 is 2.88 bits per heavy atom. The van der Waals surface area contributed by atoms with Crippen molar-refractivity contribution in [1.29, 1.82) is 0 Å². The second-order valence-electron chi connectivity index (χ2n) is 3.37. The largest absolute Gasteiger partial charge is 0.390 e. The van der Waals surface area contributed by atoms with Gasteiger partial charge >= 0.3 is 12.0 Å². The Morgan fingerprint density at radius 2 is 2.25 bits per heavy atom. The molecule has 0 fully saturated rings. The maximum absolute atomic E-state index is 13.0. The number of nitrogens with two attached hydrogens (primary N) is 1. The number of hydrogen-bond acceptors (Lipinski definition) is 5. The maximum atomic E-state index is 13.0. The van der Waals surface area contributed by atoms with Crippen molar-refractivity contribution in [3.8, 4) is 0 Å². The molecule has 6 heteroatoms. The standard InChI is InChI=1S/C10H11FN4O/c1-6(7-3-2-4-8(11)5-7)13-10-15-14-9(12)16-10/h2-6H,1H3,(H2,12,14)(H,13,15). The molecule has 1 aromatic heterocycles. The molecule has 1 heterocycles. The highest BCUT2D eigenvalue weighted by molar-refractivity contribution is 5.30. The highest BCUT2D eigenvalue weighted by Crippen LogP contribution is 2.19. The van der Waals surface area contributed by atoms with Gasteiger partial charge in [-0.15, -0.1) is 0 Å². The Hall–Kier alpha value is -2.11. The lowest BCUT2D eigenvalue weighted by Crippen LogP contribution is -2.07. The molecule has 2 aromatic rings. The molecule has 0 amide bonds. The number of halogens is 1. The summed E-state index contributed by atoms with van der Waals surface area (Å²) >= 11 is 0. The molecule has 1 aromatic carbocycles. The lowest BCUT2D eigenvalue weighted by atomic mass is 10.1. The summed E-state index contributed by atoms with van der Waals surface area (Å²) in [6.45, 7) is 1.86. The van der Waals surface area contributed by atoms with Crippen molar-refractivity contribution >= 4 is 12.0 Å². The van der Waals surface area contributed by atoms with Gasteiger partial charge in [-0.3, -0.25) is 0 Å². The predicted molar refractivity (Wildman–Crippen MR) is 57.1 cm³/mol. The van der Waals surface area contributed by atoms with Crippen LogP contribution < -0.4 is 11.1 Å². The van der Waals surface area contributed by atoms with Gasteiger partial charge in [-0.25, -0.2) is 4.39 Å². The topological polar surface area (TPSA) is 77.0 Å². The third-order valence-electron chi connectivity index (χ3n) is 2.13. The van der Waals surface area contributed by atoms with E-state index >= 15 is 0 Å². The first kappa shape index (κ1) is 10.4. The summed E-state index contributed by atoms with van der Waals surface area (Å²) < 4.78 is 17.9. The second kappa shape index (κ2) is 4.18. The number of anilines is 2. The van der Waals surface area contributed by atoms with E-state index in [9.17, 15) is 4.39 Å². The number of nitrogens with one attached hydrogen (secondary N) is 1. The van der Waals surface area contributed by atoms with Crippen molar-refractivity contribution in [2.75, 3.05) is 11.1 Å². The number of benzene rings is 1. The SMILES string of the molecule is CC(Nc1nnc(N)o1)c1cccc(F)c1. The normalized spacial score (nSPS) is 12.4. The third-order valence-corrected chi connectivity index (χ3v) is 2.13. The van der Waals surface area contributed by atoms with E-state index in [4.69, 9.17) is 10.2 Å². The molecular weight excluding hydrogens is 211 g/mol. The fraction of sp³-hybridized carbons (Fsp3) is 0.200. The summed E-state index contributed by atoms with van der Waals surface area (Å²) in [7, 11) is 0. The van der Waals surface area contributed by atoms with E-state index in [0.717, 1.165) is 5.56 Å². The number of nitrogens with zero attached hydrogens (tertiary/aromatic N) is 2. The maximum Gasteiger partial charge on any atom is 0.317 e. The van der Waals surface area contributed by atoms with E-state index in [-0.39, 0.29) is 23.9 Å². The summed E-state index contributed by atoms with van der Waals surface area (Å²) in [5.41, 5.74) is 6.07. The molecule has 84 valence electrons. The molecule has 16 heavy (non-hydrogen) atoms. The van der Waals surface area contributed by atoms with Crippen LogP contribution >= 0.6 is 0 Å². The number of rotatable bonds is 3. The molecule has 0 bridgehead atoms. The van der Waals surface area contributed by atoms with Crippen LogP contribution in [0.2, 0.25) is 0 Å². The van der Waals surface area contributed by atoms with E-state index in [1.807, 2.05) is 6.92 Å². The number of aromatic nitrogens is 2. The van der Waals surface area contributed by atoms with Crippen molar-refractivity contribution in [2.24, 2.45) is 0 Å². The molecule has 0 spiro atoms. The molecule has 0 aliphatic heterocycles. The van der Waals surface area contributed by atoms with E-state index in [0.29, 0.717) is 0 Å². The summed E-state index contributed by atoms with van der Waals surface area (Å²) in [4.78, 5) is 0. The zero-order chi connectivity index (χ0) is 11.5. The molecule has 5 nitrogen and oxygen atoms in total. The molecule has 0 saturated heterocycles. The van der Waals surface area contributed by atoms with E-state index in [2.05, 4.69) is 15.5 Å². The summed E-state index contributed by atoms with van der Waals surface area (Å²) in [6, 6.07) is 6.35. The smallest absolute Gasteiger partial charge is 0.317 e. The van der Waals surface area contributed by atoms with Crippen LogP contribution in [0.25, 0.3) is 0 Å². The first-order valence-corrected chi connectivity index (χ1v) is 4.76. The van der Waals surface area contributed by atoms with Gasteiger partial charge in [0, 0.05) is 0 Å². The minimum Gasteiger partial charge on any atom is -0.390 e. The van der Waals surface area contributed by atoms with Crippen molar-refractivity contribution in [3.05, 3.63) is 35.6 Å². The Balaban J connectivity index is 2.11. The van der Waals surface area contributed by atoms with Crippen molar-refractivity contribution < 1.29 is 8.81 Å². The van der Waals surface area contributed by atoms with Crippen molar-refractivity contribution in [3.63, 3.8) is 0 Å². The van der Waals surface area contributed by atoms with Crippen LogP contribution in [-0.2, 0) is 0 Å². The van der Waals surface area contributed by atoms with Gasteiger partial charge < -0.3 is 15.5 Å². The molecule has 3 N–H and O–H groups in total. The van der Waals surface area contributed by atoms with Crippen LogP contribution in [0.4, 0.5) is 16.4 Å². The number of nitrogen functional groups attached to an aromatic ring is 1. The minimum absolute atomic E-state index is 0.00561. The zero-order valence-corrected chi connectivity index (χ0v) is 8.64. The summed E-state index contributed by atoms with van der Waals surface area (Å²) in [5, 5.41) is 10.1. The van der Waals surface area contributed by atoms with Crippen LogP contribution in [0.3, 0.4) is 0 Å². The van der Waals surface area contributed by atoms with Gasteiger partial charge in [0.2, 0.25) is 0 Å². The lowest BCUT2D eigenvalue weighted by Gasteiger charge is -2.11. The van der Waals surface area contributed by atoms with Gasteiger partial charge in [0.05, 0.1) is 6.04 Å². The molecule has 0 radical (unpaired) electrons. The molecule has 1 unspecified atom stereocenters. The van der Waals surface area contributed by atoms with Gasteiger partial charge in [-0.2, -0.15) is 0 Å². The summed E-state index contributed by atoms with van der Waals surface area (Å²) in [6.07, 6.45) is 0. The molecular formula is C10H11FN4O. The van der Waals surface area contributed by atoms with Crippen LogP contribution in [0.15, 0.2) is 28.7 Å². The lowest BCUT2D eigenvalue weighted by molar-refractivity contribution is 0.577. The number of hydrogen-bond donors (Lipinski definition) is 2. The fourth-order valence-electron chi connectivity index (χ4n) is 1.34. The van der Waals surface area contributed by atoms with Gasteiger partial charge in [-0.05, 0) is 24.6 Å². The van der Waals surface area contributed by atoms with Crippen LogP contribution in [0.5, 0.6) is 0 Å². The third kappa shape index (κ3) is 2.28. The molecule has 1 atom stereocenters. The molecule has 0 aliphatic rings. The highest BCUT2D eigenvalue weighted by Gasteiger charge is 2.09.